The van der Waals surface area contributed by atoms with Gasteiger partial charge in [-0.25, -0.2) is 4.39 Å². The number of aromatic nitrogens is 2. The Bertz CT molecular complexity index is 914. The van der Waals surface area contributed by atoms with Crippen LogP contribution in [0.1, 0.15) is 17.0 Å². The van der Waals surface area contributed by atoms with Gasteiger partial charge in [0.15, 0.2) is 0 Å². The fourth-order valence-electron chi connectivity index (χ4n) is 3.44. The van der Waals surface area contributed by atoms with Gasteiger partial charge in [-0.15, -0.1) is 10.2 Å². The van der Waals surface area contributed by atoms with Gasteiger partial charge in [-0.05, 0) is 55.3 Å². The van der Waals surface area contributed by atoms with E-state index in [1.165, 1.54) is 28.9 Å². The van der Waals surface area contributed by atoms with Crippen LogP contribution in [0.4, 0.5) is 10.1 Å². The van der Waals surface area contributed by atoms with Crippen LogP contribution in [-0.2, 0) is 6.54 Å². The van der Waals surface area contributed by atoms with Crippen molar-refractivity contribution in [1.82, 2.24) is 15.1 Å². The molecule has 2 heterocycles. The second-order valence-electron chi connectivity index (χ2n) is 6.99. The van der Waals surface area contributed by atoms with Gasteiger partial charge in [0, 0.05) is 37.4 Å². The second kappa shape index (κ2) is 7.48. The molecule has 0 bridgehead atoms. The van der Waals surface area contributed by atoms with Crippen LogP contribution in [0.2, 0.25) is 0 Å². The molecule has 0 unspecified atom stereocenters. The number of halogens is 1. The van der Waals surface area contributed by atoms with Crippen LogP contribution in [0.25, 0.3) is 11.5 Å². The van der Waals surface area contributed by atoms with Crippen LogP contribution < -0.4 is 4.90 Å². The standard InChI is InChI=1S/C21H23FN4O/c1-15-4-3-5-19(16(15)2)26-12-10-25(11-13-26)14-20-23-24-21(27-20)17-6-8-18(22)9-7-17/h3-9H,10-14H2,1-2H3. The number of rotatable bonds is 4. The van der Waals surface area contributed by atoms with Crippen molar-refractivity contribution in [3.63, 3.8) is 0 Å². The molecule has 140 valence electrons. The number of hydrogen-bond acceptors (Lipinski definition) is 5. The van der Waals surface area contributed by atoms with E-state index in [-0.39, 0.29) is 5.82 Å². The number of piperazine rings is 1. The van der Waals surface area contributed by atoms with E-state index < -0.39 is 0 Å². The summed E-state index contributed by atoms with van der Waals surface area (Å²) < 4.78 is 18.8. The Morgan fingerprint density at radius 1 is 0.963 bits per heavy atom. The molecule has 0 aliphatic carbocycles. The number of benzene rings is 2. The molecule has 0 atom stereocenters. The van der Waals surface area contributed by atoms with Crippen molar-refractivity contribution in [2.24, 2.45) is 0 Å². The molecule has 0 spiro atoms. The summed E-state index contributed by atoms with van der Waals surface area (Å²) in [5.41, 5.74) is 4.74. The molecular weight excluding hydrogens is 343 g/mol. The minimum absolute atomic E-state index is 0.278. The summed E-state index contributed by atoms with van der Waals surface area (Å²) in [6.07, 6.45) is 0. The lowest BCUT2D eigenvalue weighted by Crippen LogP contribution is -2.46. The number of hydrogen-bond donors (Lipinski definition) is 0. The molecule has 1 aliphatic rings. The molecule has 1 saturated heterocycles. The first kappa shape index (κ1) is 17.7. The maximum absolute atomic E-state index is 13.0. The number of aryl methyl sites for hydroxylation is 1. The van der Waals surface area contributed by atoms with Gasteiger partial charge in [-0.2, -0.15) is 0 Å². The van der Waals surface area contributed by atoms with Crippen molar-refractivity contribution < 1.29 is 8.81 Å². The van der Waals surface area contributed by atoms with Gasteiger partial charge in [0.2, 0.25) is 11.8 Å². The summed E-state index contributed by atoms with van der Waals surface area (Å²) in [4.78, 5) is 4.76. The molecule has 1 aromatic heterocycles. The van der Waals surface area contributed by atoms with E-state index in [0.717, 1.165) is 31.7 Å². The van der Waals surface area contributed by atoms with Gasteiger partial charge < -0.3 is 9.32 Å². The highest BCUT2D eigenvalue weighted by molar-refractivity contribution is 5.56. The summed E-state index contributed by atoms with van der Waals surface area (Å²) in [6, 6.07) is 12.6. The molecule has 27 heavy (non-hydrogen) atoms. The van der Waals surface area contributed by atoms with E-state index in [0.29, 0.717) is 18.3 Å². The minimum atomic E-state index is -0.278. The average Bonchev–Trinajstić information content (AvgIpc) is 3.14. The second-order valence-corrected chi connectivity index (χ2v) is 6.99. The maximum Gasteiger partial charge on any atom is 0.247 e. The lowest BCUT2D eigenvalue weighted by atomic mass is 10.1. The molecular formula is C21H23FN4O. The molecule has 0 amide bonds. The number of nitrogens with zero attached hydrogens (tertiary/aromatic N) is 4. The molecule has 0 radical (unpaired) electrons. The normalized spacial score (nSPS) is 15.3. The monoisotopic (exact) mass is 366 g/mol. The Morgan fingerprint density at radius 3 is 2.44 bits per heavy atom. The summed E-state index contributed by atoms with van der Waals surface area (Å²) >= 11 is 0. The molecule has 0 N–H and O–H groups in total. The molecule has 2 aromatic carbocycles. The van der Waals surface area contributed by atoms with Gasteiger partial charge in [-0.1, -0.05) is 12.1 Å². The third kappa shape index (κ3) is 3.85. The van der Waals surface area contributed by atoms with Gasteiger partial charge in [0.25, 0.3) is 0 Å². The Hall–Kier alpha value is -2.73. The molecule has 1 aliphatic heterocycles. The Morgan fingerprint density at radius 2 is 1.70 bits per heavy atom. The lowest BCUT2D eigenvalue weighted by molar-refractivity contribution is 0.227. The first-order valence-electron chi connectivity index (χ1n) is 9.22. The lowest BCUT2D eigenvalue weighted by Gasteiger charge is -2.36. The van der Waals surface area contributed by atoms with E-state index in [1.54, 1.807) is 12.1 Å². The van der Waals surface area contributed by atoms with Gasteiger partial charge in [0.1, 0.15) is 5.82 Å². The highest BCUT2D eigenvalue weighted by atomic mass is 19.1. The van der Waals surface area contributed by atoms with Crippen LogP contribution in [0.5, 0.6) is 0 Å². The third-order valence-corrected chi connectivity index (χ3v) is 5.21. The van der Waals surface area contributed by atoms with Crippen LogP contribution in [0.3, 0.4) is 0 Å². The van der Waals surface area contributed by atoms with Crippen LogP contribution in [-0.4, -0.2) is 41.3 Å². The average molecular weight is 366 g/mol. The third-order valence-electron chi connectivity index (χ3n) is 5.21. The van der Waals surface area contributed by atoms with Crippen molar-refractivity contribution in [2.75, 3.05) is 31.1 Å². The summed E-state index contributed by atoms with van der Waals surface area (Å²) in [6.45, 7) is 8.82. The first-order valence-corrected chi connectivity index (χ1v) is 9.22. The summed E-state index contributed by atoms with van der Waals surface area (Å²) in [5.74, 6) is 0.744. The van der Waals surface area contributed by atoms with Crippen LogP contribution in [0, 0.1) is 19.7 Å². The van der Waals surface area contributed by atoms with Crippen molar-refractivity contribution in [3.8, 4) is 11.5 Å². The van der Waals surface area contributed by atoms with Gasteiger partial charge in [-0.3, -0.25) is 4.90 Å². The van der Waals surface area contributed by atoms with Crippen molar-refractivity contribution >= 4 is 5.69 Å². The van der Waals surface area contributed by atoms with E-state index >= 15 is 0 Å². The topological polar surface area (TPSA) is 45.4 Å². The van der Waals surface area contributed by atoms with Crippen LogP contribution >= 0.6 is 0 Å². The maximum atomic E-state index is 13.0. The van der Waals surface area contributed by atoms with Gasteiger partial charge >= 0.3 is 0 Å². The zero-order valence-electron chi connectivity index (χ0n) is 15.7. The quantitative estimate of drug-likeness (QED) is 0.702. The molecule has 0 saturated carbocycles. The van der Waals surface area contributed by atoms with E-state index in [9.17, 15) is 4.39 Å². The van der Waals surface area contributed by atoms with E-state index in [2.05, 4.69) is 52.0 Å². The van der Waals surface area contributed by atoms with Crippen molar-refractivity contribution in [2.45, 2.75) is 20.4 Å². The fourth-order valence-corrected chi connectivity index (χ4v) is 3.44. The van der Waals surface area contributed by atoms with E-state index in [1.807, 2.05) is 0 Å². The molecule has 3 aromatic rings. The summed E-state index contributed by atoms with van der Waals surface area (Å²) in [7, 11) is 0. The predicted octanol–water partition coefficient (Wildman–Crippen LogP) is 3.81. The smallest absolute Gasteiger partial charge is 0.247 e. The zero-order chi connectivity index (χ0) is 18.8. The predicted molar refractivity (Wildman–Crippen MR) is 103 cm³/mol. The molecule has 6 heteroatoms. The van der Waals surface area contributed by atoms with Crippen LogP contribution in [0.15, 0.2) is 46.9 Å². The largest absolute Gasteiger partial charge is 0.419 e. The fraction of sp³-hybridized carbons (Fsp3) is 0.333. The van der Waals surface area contributed by atoms with E-state index in [4.69, 9.17) is 4.42 Å². The highest BCUT2D eigenvalue weighted by Crippen LogP contribution is 2.24. The van der Waals surface area contributed by atoms with Gasteiger partial charge in [0.05, 0.1) is 6.54 Å². The molecule has 4 rings (SSSR count). The Kier molecular flexibility index (Phi) is 4.90. The summed E-state index contributed by atoms with van der Waals surface area (Å²) in [5, 5.41) is 8.24. The Labute approximate surface area is 158 Å². The highest BCUT2D eigenvalue weighted by Gasteiger charge is 2.20. The minimum Gasteiger partial charge on any atom is -0.419 e. The SMILES string of the molecule is Cc1cccc(N2CCN(Cc3nnc(-c4ccc(F)cc4)o3)CC2)c1C. The number of anilines is 1. The zero-order valence-corrected chi connectivity index (χ0v) is 15.7. The van der Waals surface area contributed by atoms with Crippen molar-refractivity contribution in [3.05, 3.63) is 65.3 Å². The first-order chi connectivity index (χ1) is 13.1. The molecule has 1 fully saturated rings. The Balaban J connectivity index is 1.37. The molecule has 5 nitrogen and oxygen atoms in total. The van der Waals surface area contributed by atoms with Crippen molar-refractivity contribution in [1.29, 1.82) is 0 Å².